The monoisotopic (exact) mass is 267 g/mol. The maximum atomic E-state index is 6.06. The standard InChI is InChI=1S/C14H22ClN3/c1-17-8-6-11(7-9-17)10-18(2)13-5-3-4-12(15)14(13)16/h3-5,11H,6-10,16H2,1-2H3. The van der Waals surface area contributed by atoms with Gasteiger partial charge in [0.25, 0.3) is 0 Å². The summed E-state index contributed by atoms with van der Waals surface area (Å²) in [6.45, 7) is 3.45. The Morgan fingerprint density at radius 3 is 2.72 bits per heavy atom. The first-order valence-corrected chi connectivity index (χ1v) is 6.89. The lowest BCUT2D eigenvalue weighted by molar-refractivity contribution is 0.222. The maximum Gasteiger partial charge on any atom is 0.0741 e. The minimum atomic E-state index is 0.641. The lowest BCUT2D eigenvalue weighted by Gasteiger charge is -2.32. The Balaban J connectivity index is 1.99. The summed E-state index contributed by atoms with van der Waals surface area (Å²) in [6.07, 6.45) is 2.53. The highest BCUT2D eigenvalue weighted by molar-refractivity contribution is 6.33. The molecule has 4 heteroatoms. The SMILES string of the molecule is CN1CCC(CN(C)c2cccc(Cl)c2N)CC1. The Bertz CT molecular complexity index is 400. The second kappa shape index (κ2) is 5.81. The van der Waals surface area contributed by atoms with Crippen molar-refractivity contribution in [2.24, 2.45) is 5.92 Å². The van der Waals surface area contributed by atoms with Crippen molar-refractivity contribution < 1.29 is 0 Å². The molecule has 1 aliphatic heterocycles. The summed E-state index contributed by atoms with van der Waals surface area (Å²) in [7, 11) is 4.29. The average Bonchev–Trinajstić information content (AvgIpc) is 2.35. The van der Waals surface area contributed by atoms with Gasteiger partial charge in [0.1, 0.15) is 0 Å². The third-order valence-electron chi connectivity index (χ3n) is 3.81. The summed E-state index contributed by atoms with van der Waals surface area (Å²) < 4.78 is 0. The van der Waals surface area contributed by atoms with Crippen molar-refractivity contribution in [3.8, 4) is 0 Å². The van der Waals surface area contributed by atoms with Gasteiger partial charge in [0, 0.05) is 13.6 Å². The van der Waals surface area contributed by atoms with Gasteiger partial charge in [0.15, 0.2) is 0 Å². The summed E-state index contributed by atoms with van der Waals surface area (Å²) >= 11 is 6.06. The number of benzene rings is 1. The number of nitrogens with two attached hydrogens (primary N) is 1. The lowest BCUT2D eigenvalue weighted by atomic mass is 9.96. The fraction of sp³-hybridized carbons (Fsp3) is 0.571. The Labute approximate surface area is 115 Å². The van der Waals surface area contributed by atoms with E-state index in [1.165, 1.54) is 25.9 Å². The van der Waals surface area contributed by atoms with Crippen LogP contribution in [0.5, 0.6) is 0 Å². The molecule has 0 saturated carbocycles. The third-order valence-corrected chi connectivity index (χ3v) is 4.14. The van der Waals surface area contributed by atoms with E-state index in [2.05, 4.69) is 23.9 Å². The molecule has 0 atom stereocenters. The largest absolute Gasteiger partial charge is 0.396 e. The molecular formula is C14H22ClN3. The fourth-order valence-corrected chi connectivity index (χ4v) is 2.76. The van der Waals surface area contributed by atoms with Gasteiger partial charge in [0.2, 0.25) is 0 Å². The van der Waals surface area contributed by atoms with Crippen molar-refractivity contribution in [3.63, 3.8) is 0 Å². The Morgan fingerprint density at radius 2 is 2.06 bits per heavy atom. The van der Waals surface area contributed by atoms with E-state index in [-0.39, 0.29) is 0 Å². The van der Waals surface area contributed by atoms with Gasteiger partial charge >= 0.3 is 0 Å². The Morgan fingerprint density at radius 1 is 1.39 bits per heavy atom. The van der Waals surface area contributed by atoms with Crippen molar-refractivity contribution >= 4 is 23.0 Å². The first-order valence-electron chi connectivity index (χ1n) is 6.51. The average molecular weight is 268 g/mol. The van der Waals surface area contributed by atoms with Crippen LogP contribution in [0.4, 0.5) is 11.4 Å². The van der Waals surface area contributed by atoms with Gasteiger partial charge in [-0.25, -0.2) is 0 Å². The number of nitrogen functional groups attached to an aromatic ring is 1. The molecule has 1 saturated heterocycles. The lowest BCUT2D eigenvalue weighted by Crippen LogP contribution is -2.35. The number of piperidine rings is 1. The summed E-state index contributed by atoms with van der Waals surface area (Å²) in [5, 5.41) is 0.641. The van der Waals surface area contributed by atoms with E-state index in [0.717, 1.165) is 18.2 Å². The van der Waals surface area contributed by atoms with Crippen LogP contribution < -0.4 is 10.6 Å². The van der Waals surface area contributed by atoms with Crippen LogP contribution in [0.3, 0.4) is 0 Å². The minimum Gasteiger partial charge on any atom is -0.396 e. The van der Waals surface area contributed by atoms with Crippen LogP contribution in [0.1, 0.15) is 12.8 Å². The van der Waals surface area contributed by atoms with Gasteiger partial charge in [0.05, 0.1) is 16.4 Å². The van der Waals surface area contributed by atoms with Crippen LogP contribution >= 0.6 is 11.6 Å². The predicted octanol–water partition coefficient (Wildman–Crippen LogP) is 2.70. The molecular weight excluding hydrogens is 246 g/mol. The van der Waals surface area contributed by atoms with E-state index < -0.39 is 0 Å². The maximum absolute atomic E-state index is 6.06. The quantitative estimate of drug-likeness (QED) is 0.855. The topological polar surface area (TPSA) is 32.5 Å². The molecule has 0 bridgehead atoms. The molecule has 0 aliphatic carbocycles. The third kappa shape index (κ3) is 3.09. The molecule has 3 nitrogen and oxygen atoms in total. The van der Waals surface area contributed by atoms with Crippen LogP contribution in [0.2, 0.25) is 5.02 Å². The van der Waals surface area contributed by atoms with E-state index >= 15 is 0 Å². The summed E-state index contributed by atoms with van der Waals surface area (Å²) in [5.74, 6) is 0.754. The van der Waals surface area contributed by atoms with E-state index in [9.17, 15) is 0 Å². The number of para-hydroxylation sites is 1. The van der Waals surface area contributed by atoms with Gasteiger partial charge in [-0.2, -0.15) is 0 Å². The first-order chi connectivity index (χ1) is 8.58. The molecule has 0 unspecified atom stereocenters. The number of nitrogens with zero attached hydrogens (tertiary/aromatic N) is 2. The molecule has 1 aromatic carbocycles. The van der Waals surface area contributed by atoms with Gasteiger partial charge in [-0.15, -0.1) is 0 Å². The van der Waals surface area contributed by atoms with Gasteiger partial charge in [-0.05, 0) is 51.0 Å². The van der Waals surface area contributed by atoms with Crippen molar-refractivity contribution in [2.75, 3.05) is 44.4 Å². The molecule has 0 aromatic heterocycles. The molecule has 1 aliphatic rings. The second-order valence-corrected chi connectivity index (χ2v) is 5.71. The molecule has 18 heavy (non-hydrogen) atoms. The van der Waals surface area contributed by atoms with Crippen molar-refractivity contribution in [3.05, 3.63) is 23.2 Å². The van der Waals surface area contributed by atoms with Crippen LogP contribution in [-0.2, 0) is 0 Å². The van der Waals surface area contributed by atoms with E-state index in [1.54, 1.807) is 0 Å². The molecule has 1 aromatic rings. The van der Waals surface area contributed by atoms with Crippen LogP contribution in [-0.4, -0.2) is 38.6 Å². The number of hydrogen-bond acceptors (Lipinski definition) is 3. The number of hydrogen-bond donors (Lipinski definition) is 1. The van der Waals surface area contributed by atoms with Gasteiger partial charge in [-0.1, -0.05) is 17.7 Å². The number of rotatable bonds is 3. The zero-order valence-corrected chi connectivity index (χ0v) is 12.0. The summed E-state index contributed by atoms with van der Waals surface area (Å²) in [6, 6.07) is 5.83. The normalized spacial score (nSPS) is 17.9. The number of likely N-dealkylation sites (tertiary alicyclic amines) is 1. The molecule has 0 amide bonds. The fourth-order valence-electron chi connectivity index (χ4n) is 2.59. The highest BCUT2D eigenvalue weighted by Crippen LogP contribution is 2.30. The van der Waals surface area contributed by atoms with Crippen molar-refractivity contribution in [2.45, 2.75) is 12.8 Å². The Kier molecular flexibility index (Phi) is 4.36. The smallest absolute Gasteiger partial charge is 0.0741 e. The second-order valence-electron chi connectivity index (χ2n) is 5.30. The highest BCUT2D eigenvalue weighted by Gasteiger charge is 2.19. The highest BCUT2D eigenvalue weighted by atomic mass is 35.5. The van der Waals surface area contributed by atoms with Gasteiger partial charge < -0.3 is 15.5 Å². The summed E-state index contributed by atoms with van der Waals surface area (Å²) in [5.41, 5.74) is 7.76. The zero-order chi connectivity index (χ0) is 13.1. The molecule has 1 fully saturated rings. The van der Waals surface area contributed by atoms with E-state index in [0.29, 0.717) is 10.7 Å². The zero-order valence-electron chi connectivity index (χ0n) is 11.2. The molecule has 0 radical (unpaired) electrons. The Hall–Kier alpha value is -0.930. The minimum absolute atomic E-state index is 0.641. The first kappa shape index (κ1) is 13.5. The van der Waals surface area contributed by atoms with Gasteiger partial charge in [-0.3, -0.25) is 0 Å². The van der Waals surface area contributed by atoms with Crippen LogP contribution in [0.15, 0.2) is 18.2 Å². The molecule has 0 spiro atoms. The summed E-state index contributed by atoms with van der Waals surface area (Å²) in [4.78, 5) is 4.63. The molecule has 2 N–H and O–H groups in total. The molecule has 2 rings (SSSR count). The predicted molar refractivity (Wildman–Crippen MR) is 79.4 cm³/mol. The number of halogens is 1. The van der Waals surface area contributed by atoms with Crippen LogP contribution in [0.25, 0.3) is 0 Å². The molecule has 100 valence electrons. The number of anilines is 2. The van der Waals surface area contributed by atoms with E-state index in [1.807, 2.05) is 18.2 Å². The van der Waals surface area contributed by atoms with Crippen LogP contribution in [0, 0.1) is 5.92 Å². The van der Waals surface area contributed by atoms with Crippen molar-refractivity contribution in [1.82, 2.24) is 4.90 Å². The van der Waals surface area contributed by atoms with Crippen molar-refractivity contribution in [1.29, 1.82) is 0 Å². The molecule has 1 heterocycles. The van der Waals surface area contributed by atoms with E-state index in [4.69, 9.17) is 17.3 Å².